The lowest BCUT2D eigenvalue weighted by atomic mass is 10.1. The Bertz CT molecular complexity index is 210. The van der Waals surface area contributed by atoms with Crippen LogP contribution in [-0.4, -0.2) is 41.5 Å². The Balaban J connectivity index is 0.000000921. The third kappa shape index (κ3) is 7.31. The molecule has 3 heteroatoms. The highest BCUT2D eigenvalue weighted by atomic mass is 16.5. The van der Waals surface area contributed by atoms with Gasteiger partial charge in [0.25, 0.3) is 0 Å². The summed E-state index contributed by atoms with van der Waals surface area (Å²) in [6.07, 6.45) is 7.43. The highest BCUT2D eigenvalue weighted by Gasteiger charge is 2.05. The minimum absolute atomic E-state index is 0.297. The molecule has 3 nitrogen and oxygen atoms in total. The van der Waals surface area contributed by atoms with Crippen LogP contribution in [0.5, 0.6) is 0 Å². The maximum absolute atomic E-state index is 8.73. The molecule has 0 spiro atoms. The normalized spacial score (nSPS) is 15.0. The van der Waals surface area contributed by atoms with Gasteiger partial charge in [-0.1, -0.05) is 32.1 Å². The molecule has 0 atom stereocenters. The lowest BCUT2D eigenvalue weighted by molar-refractivity contribution is -0.0559. The number of aliphatic hydroxyl groups is 2. The molecule has 0 saturated carbocycles. The summed E-state index contributed by atoms with van der Waals surface area (Å²) in [5.74, 6) is 0. The van der Waals surface area contributed by atoms with Crippen molar-refractivity contribution < 1.29 is 10.2 Å². The summed E-state index contributed by atoms with van der Waals surface area (Å²) in [7, 11) is 1.88. The Morgan fingerprint density at radius 2 is 2.00 bits per heavy atom. The van der Waals surface area contributed by atoms with E-state index in [0.717, 1.165) is 19.4 Å². The van der Waals surface area contributed by atoms with Crippen LogP contribution in [-0.2, 0) is 0 Å². The van der Waals surface area contributed by atoms with E-state index >= 15 is 0 Å². The summed E-state index contributed by atoms with van der Waals surface area (Å²) in [4.78, 5) is 1.90. The zero-order chi connectivity index (χ0) is 11.7. The first kappa shape index (κ1) is 14.4. The second-order valence-electron chi connectivity index (χ2n) is 3.44. The van der Waals surface area contributed by atoms with Gasteiger partial charge in [-0.15, -0.1) is 0 Å². The van der Waals surface area contributed by atoms with Crippen LogP contribution in [0.2, 0.25) is 0 Å². The quantitative estimate of drug-likeness (QED) is 0.696. The van der Waals surface area contributed by atoms with Crippen LogP contribution in [0.25, 0.3) is 0 Å². The molecule has 0 heterocycles. The largest absolute Gasteiger partial charge is 0.367 e. The van der Waals surface area contributed by atoms with E-state index in [1.165, 1.54) is 5.57 Å². The molecule has 1 rings (SSSR count). The van der Waals surface area contributed by atoms with E-state index in [1.807, 2.05) is 25.8 Å². The Kier molecular flexibility index (Phi) is 8.28. The van der Waals surface area contributed by atoms with Crippen LogP contribution < -0.4 is 0 Å². The molecule has 0 aromatic heterocycles. The average molecular weight is 213 g/mol. The molecular formula is C12H23NO2. The second kappa shape index (κ2) is 8.65. The number of hydrogen-bond donors (Lipinski definition) is 2. The van der Waals surface area contributed by atoms with E-state index < -0.39 is 6.29 Å². The third-order valence-electron chi connectivity index (χ3n) is 2.00. The zero-order valence-electron chi connectivity index (χ0n) is 9.98. The topological polar surface area (TPSA) is 43.7 Å². The van der Waals surface area contributed by atoms with Gasteiger partial charge in [-0.05, 0) is 25.5 Å². The number of nitrogens with zero attached hydrogens (tertiary/aromatic N) is 1. The Morgan fingerprint density at radius 3 is 2.47 bits per heavy atom. The SMILES string of the molecule is CC.CN(CC1=CCCC=C1)CC(O)O. The van der Waals surface area contributed by atoms with E-state index in [9.17, 15) is 0 Å². The van der Waals surface area contributed by atoms with Gasteiger partial charge in [0.05, 0.1) is 0 Å². The number of likely N-dealkylation sites (N-methyl/N-ethyl adjacent to an activating group) is 1. The monoisotopic (exact) mass is 213 g/mol. The van der Waals surface area contributed by atoms with Crippen LogP contribution in [0.15, 0.2) is 23.8 Å². The molecule has 0 aromatic carbocycles. The van der Waals surface area contributed by atoms with Crippen LogP contribution in [0.3, 0.4) is 0 Å². The number of aliphatic hydroxyl groups excluding tert-OH is 1. The second-order valence-corrected chi connectivity index (χ2v) is 3.44. The summed E-state index contributed by atoms with van der Waals surface area (Å²) >= 11 is 0. The molecule has 0 radical (unpaired) electrons. The van der Waals surface area contributed by atoms with Crippen LogP contribution in [0.4, 0.5) is 0 Å². The minimum Gasteiger partial charge on any atom is -0.367 e. The van der Waals surface area contributed by atoms with Crippen molar-refractivity contribution in [3.05, 3.63) is 23.8 Å². The Labute approximate surface area is 92.7 Å². The average Bonchev–Trinajstić information content (AvgIpc) is 2.21. The molecule has 1 aliphatic rings. The predicted molar refractivity (Wildman–Crippen MR) is 63.5 cm³/mol. The molecule has 88 valence electrons. The molecular weight excluding hydrogens is 190 g/mol. The first-order valence-electron chi connectivity index (χ1n) is 5.59. The number of allylic oxidation sites excluding steroid dienone is 2. The van der Waals surface area contributed by atoms with Crippen molar-refractivity contribution in [2.45, 2.75) is 33.0 Å². The molecule has 0 amide bonds. The van der Waals surface area contributed by atoms with E-state index in [4.69, 9.17) is 10.2 Å². The summed E-state index contributed by atoms with van der Waals surface area (Å²) in [6.45, 7) is 5.08. The molecule has 0 unspecified atom stereocenters. The molecule has 0 aliphatic heterocycles. The van der Waals surface area contributed by atoms with Gasteiger partial charge in [0.2, 0.25) is 0 Å². The minimum atomic E-state index is -1.24. The van der Waals surface area contributed by atoms with E-state index in [1.54, 1.807) is 0 Å². The first-order chi connectivity index (χ1) is 7.18. The lowest BCUT2D eigenvalue weighted by Gasteiger charge is -2.19. The fraction of sp³-hybridized carbons (Fsp3) is 0.667. The first-order valence-corrected chi connectivity index (χ1v) is 5.59. The Morgan fingerprint density at radius 1 is 1.33 bits per heavy atom. The molecule has 2 N–H and O–H groups in total. The highest BCUT2D eigenvalue weighted by Crippen LogP contribution is 2.10. The summed E-state index contributed by atoms with van der Waals surface area (Å²) < 4.78 is 0. The summed E-state index contributed by atoms with van der Waals surface area (Å²) in [5, 5.41) is 17.5. The van der Waals surface area contributed by atoms with Crippen LogP contribution >= 0.6 is 0 Å². The predicted octanol–water partition coefficient (Wildman–Crippen LogP) is 1.53. The van der Waals surface area contributed by atoms with Crippen molar-refractivity contribution in [2.75, 3.05) is 20.1 Å². The number of rotatable bonds is 4. The zero-order valence-corrected chi connectivity index (χ0v) is 9.98. The van der Waals surface area contributed by atoms with Crippen LogP contribution in [0.1, 0.15) is 26.7 Å². The molecule has 0 saturated heterocycles. The van der Waals surface area contributed by atoms with Crippen molar-refractivity contribution in [1.29, 1.82) is 0 Å². The Hall–Kier alpha value is -0.640. The van der Waals surface area contributed by atoms with Crippen molar-refractivity contribution in [3.8, 4) is 0 Å². The smallest absolute Gasteiger partial charge is 0.164 e. The van der Waals surface area contributed by atoms with Gasteiger partial charge in [0.1, 0.15) is 0 Å². The lowest BCUT2D eigenvalue weighted by Crippen LogP contribution is -2.30. The van der Waals surface area contributed by atoms with Gasteiger partial charge in [0, 0.05) is 13.1 Å². The van der Waals surface area contributed by atoms with Gasteiger partial charge >= 0.3 is 0 Å². The van der Waals surface area contributed by atoms with E-state index in [-0.39, 0.29) is 0 Å². The third-order valence-corrected chi connectivity index (χ3v) is 2.00. The fourth-order valence-corrected chi connectivity index (χ4v) is 1.44. The fourth-order valence-electron chi connectivity index (χ4n) is 1.44. The molecule has 1 aliphatic carbocycles. The molecule has 0 aromatic rings. The highest BCUT2D eigenvalue weighted by molar-refractivity contribution is 5.23. The number of hydrogen-bond acceptors (Lipinski definition) is 3. The van der Waals surface area contributed by atoms with Gasteiger partial charge in [-0.3, -0.25) is 4.90 Å². The standard InChI is InChI=1S/C10H17NO2.C2H6/c1-11(8-10(12)13)7-9-5-3-2-4-6-9;1-2/h3,5-6,10,12-13H,2,4,7-8H2,1H3;1-2H3. The van der Waals surface area contributed by atoms with E-state index in [2.05, 4.69) is 18.2 Å². The van der Waals surface area contributed by atoms with Gasteiger partial charge in [0.15, 0.2) is 6.29 Å². The maximum atomic E-state index is 8.73. The van der Waals surface area contributed by atoms with Crippen molar-refractivity contribution in [2.24, 2.45) is 0 Å². The molecule has 0 bridgehead atoms. The van der Waals surface area contributed by atoms with Crippen molar-refractivity contribution in [1.82, 2.24) is 4.90 Å². The molecule has 15 heavy (non-hydrogen) atoms. The summed E-state index contributed by atoms with van der Waals surface area (Å²) in [5.41, 5.74) is 1.26. The van der Waals surface area contributed by atoms with E-state index in [0.29, 0.717) is 6.54 Å². The van der Waals surface area contributed by atoms with Gasteiger partial charge in [-0.25, -0.2) is 0 Å². The van der Waals surface area contributed by atoms with Gasteiger partial charge in [-0.2, -0.15) is 0 Å². The molecule has 0 fully saturated rings. The van der Waals surface area contributed by atoms with Crippen molar-refractivity contribution >= 4 is 0 Å². The van der Waals surface area contributed by atoms with Crippen molar-refractivity contribution in [3.63, 3.8) is 0 Å². The van der Waals surface area contributed by atoms with Crippen LogP contribution in [0, 0.1) is 0 Å². The van der Waals surface area contributed by atoms with Gasteiger partial charge < -0.3 is 10.2 Å². The maximum Gasteiger partial charge on any atom is 0.164 e. The summed E-state index contributed by atoms with van der Waals surface area (Å²) in [6, 6.07) is 0.